The molecule has 136 valence electrons. The Hall–Kier alpha value is -2.63. The molecule has 2 aromatic carbocycles. The average molecular weight is 353 g/mol. The van der Waals surface area contributed by atoms with Crippen LogP contribution in [0.15, 0.2) is 51.7 Å². The first-order valence-electron chi connectivity index (χ1n) is 8.67. The second-order valence-corrected chi connectivity index (χ2v) is 6.58. The van der Waals surface area contributed by atoms with Crippen LogP contribution in [0.1, 0.15) is 29.2 Å². The van der Waals surface area contributed by atoms with Gasteiger partial charge in [0.2, 0.25) is 0 Å². The number of aromatic hydroxyl groups is 1. The molecule has 0 radical (unpaired) electrons. The normalized spacial score (nSPS) is 12.4. The lowest BCUT2D eigenvalue weighted by atomic mass is 9.98. The second-order valence-electron chi connectivity index (χ2n) is 6.58. The molecule has 0 saturated heterocycles. The molecule has 1 aromatic heterocycles. The lowest BCUT2D eigenvalue weighted by Crippen LogP contribution is -2.24. The van der Waals surface area contributed by atoms with Crippen molar-refractivity contribution in [1.82, 2.24) is 5.32 Å². The zero-order chi connectivity index (χ0) is 18.7. The van der Waals surface area contributed by atoms with E-state index in [9.17, 15) is 15.0 Å². The smallest absolute Gasteiger partial charge is 0.340 e. The van der Waals surface area contributed by atoms with Crippen molar-refractivity contribution in [2.75, 3.05) is 6.54 Å². The number of rotatable bonds is 6. The topological polar surface area (TPSA) is 82.7 Å². The number of benzene rings is 2. The highest BCUT2D eigenvalue weighted by Crippen LogP contribution is 2.29. The quantitative estimate of drug-likeness (QED) is 0.594. The Labute approximate surface area is 151 Å². The Morgan fingerprint density at radius 3 is 2.54 bits per heavy atom. The van der Waals surface area contributed by atoms with E-state index in [-0.39, 0.29) is 11.4 Å². The predicted molar refractivity (Wildman–Crippen MR) is 102 cm³/mol. The summed E-state index contributed by atoms with van der Waals surface area (Å²) in [6.07, 6.45) is -0.000116. The first-order chi connectivity index (χ1) is 12.5. The Kier molecular flexibility index (Phi) is 5.40. The second kappa shape index (κ2) is 7.72. The Balaban J connectivity index is 2.04. The number of fused-ring (bicyclic) bond motifs is 1. The van der Waals surface area contributed by atoms with Gasteiger partial charge in [-0.1, -0.05) is 30.3 Å². The van der Waals surface area contributed by atoms with Crippen molar-refractivity contribution >= 4 is 11.0 Å². The molecule has 3 aromatic rings. The molecule has 0 aliphatic heterocycles. The van der Waals surface area contributed by atoms with E-state index in [1.54, 1.807) is 19.1 Å². The van der Waals surface area contributed by atoms with Crippen LogP contribution in [0.5, 0.6) is 5.75 Å². The van der Waals surface area contributed by atoms with Crippen molar-refractivity contribution in [1.29, 1.82) is 0 Å². The third-order valence-corrected chi connectivity index (χ3v) is 4.50. The lowest BCUT2D eigenvalue weighted by Gasteiger charge is -2.13. The molecule has 3 rings (SSSR count). The number of nitrogens with one attached hydrogen (secondary N) is 1. The summed E-state index contributed by atoms with van der Waals surface area (Å²) in [5, 5.41) is 23.4. The van der Waals surface area contributed by atoms with Gasteiger partial charge in [0.25, 0.3) is 0 Å². The van der Waals surface area contributed by atoms with Gasteiger partial charge in [0, 0.05) is 30.5 Å². The van der Waals surface area contributed by atoms with Crippen LogP contribution in [-0.2, 0) is 13.0 Å². The van der Waals surface area contributed by atoms with Crippen molar-refractivity contribution in [3.8, 4) is 5.75 Å². The van der Waals surface area contributed by atoms with Gasteiger partial charge in [-0.15, -0.1) is 0 Å². The molecule has 0 aliphatic rings. The Morgan fingerprint density at radius 1 is 1.12 bits per heavy atom. The van der Waals surface area contributed by atoms with E-state index in [0.29, 0.717) is 36.2 Å². The maximum atomic E-state index is 12.6. The number of aliphatic hydroxyl groups is 1. The SMILES string of the molecule is Cc1c(Cc2ccccc2)c(=O)oc2c(CNC[C@H](C)O)c(O)ccc12. The minimum Gasteiger partial charge on any atom is -0.507 e. The van der Waals surface area contributed by atoms with Gasteiger partial charge in [0.05, 0.1) is 11.7 Å². The van der Waals surface area contributed by atoms with Gasteiger partial charge < -0.3 is 19.9 Å². The molecule has 0 aliphatic carbocycles. The van der Waals surface area contributed by atoms with E-state index >= 15 is 0 Å². The maximum Gasteiger partial charge on any atom is 0.340 e. The minimum atomic E-state index is -0.502. The molecule has 0 amide bonds. The minimum absolute atomic E-state index is 0.0638. The van der Waals surface area contributed by atoms with E-state index in [4.69, 9.17) is 4.42 Å². The van der Waals surface area contributed by atoms with Crippen molar-refractivity contribution in [2.24, 2.45) is 0 Å². The van der Waals surface area contributed by atoms with Crippen LogP contribution >= 0.6 is 0 Å². The zero-order valence-electron chi connectivity index (χ0n) is 15.0. The Morgan fingerprint density at radius 2 is 1.85 bits per heavy atom. The summed E-state index contributed by atoms with van der Waals surface area (Å²) in [6, 6.07) is 13.2. The van der Waals surface area contributed by atoms with Crippen molar-refractivity contribution in [3.63, 3.8) is 0 Å². The monoisotopic (exact) mass is 353 g/mol. The summed E-state index contributed by atoms with van der Waals surface area (Å²) in [4.78, 5) is 12.6. The van der Waals surface area contributed by atoms with Crippen LogP contribution < -0.4 is 10.9 Å². The number of hydrogen-bond donors (Lipinski definition) is 3. The fourth-order valence-electron chi connectivity index (χ4n) is 3.08. The zero-order valence-corrected chi connectivity index (χ0v) is 15.0. The summed E-state index contributed by atoms with van der Waals surface area (Å²) in [5.74, 6) is 0.0638. The van der Waals surface area contributed by atoms with Crippen LogP contribution in [-0.4, -0.2) is 22.9 Å². The summed E-state index contributed by atoms with van der Waals surface area (Å²) < 4.78 is 5.60. The van der Waals surface area contributed by atoms with E-state index in [1.807, 2.05) is 37.3 Å². The molecule has 0 unspecified atom stereocenters. The van der Waals surface area contributed by atoms with Crippen LogP contribution in [0.25, 0.3) is 11.0 Å². The van der Waals surface area contributed by atoms with E-state index in [2.05, 4.69) is 5.32 Å². The van der Waals surface area contributed by atoms with Crippen molar-refractivity contribution in [3.05, 3.63) is 75.1 Å². The van der Waals surface area contributed by atoms with Crippen molar-refractivity contribution in [2.45, 2.75) is 32.9 Å². The molecule has 3 N–H and O–H groups in total. The largest absolute Gasteiger partial charge is 0.507 e. The molecular formula is C21H23NO4. The molecule has 5 heteroatoms. The Bertz CT molecular complexity index is 961. The summed E-state index contributed by atoms with van der Waals surface area (Å²) in [7, 11) is 0. The number of aliphatic hydroxyl groups excluding tert-OH is 1. The van der Waals surface area contributed by atoms with Crippen molar-refractivity contribution < 1.29 is 14.6 Å². The third kappa shape index (κ3) is 3.79. The fraction of sp³-hybridized carbons (Fsp3) is 0.286. The van der Waals surface area contributed by atoms with Gasteiger partial charge in [0.15, 0.2) is 0 Å². The average Bonchev–Trinajstić information content (AvgIpc) is 2.61. The molecule has 1 atom stereocenters. The standard InChI is InChI=1S/C21H23NO4/c1-13(23)11-22-12-18-19(24)9-8-16-14(2)17(21(25)26-20(16)18)10-15-6-4-3-5-7-15/h3-9,13,22-24H,10-12H2,1-2H3/t13-/m0/s1. The fourth-order valence-corrected chi connectivity index (χ4v) is 3.08. The molecule has 0 bridgehead atoms. The molecule has 0 spiro atoms. The van der Waals surface area contributed by atoms with Crippen LogP contribution in [0.3, 0.4) is 0 Å². The summed E-state index contributed by atoms with van der Waals surface area (Å²) >= 11 is 0. The van der Waals surface area contributed by atoms with Crippen LogP contribution in [0.4, 0.5) is 0 Å². The van der Waals surface area contributed by atoms with Gasteiger partial charge in [-0.05, 0) is 37.1 Å². The van der Waals surface area contributed by atoms with Gasteiger partial charge in [-0.3, -0.25) is 0 Å². The number of aryl methyl sites for hydroxylation is 1. The molecular weight excluding hydrogens is 330 g/mol. The highest BCUT2D eigenvalue weighted by Gasteiger charge is 2.16. The van der Waals surface area contributed by atoms with E-state index < -0.39 is 6.10 Å². The van der Waals surface area contributed by atoms with E-state index in [0.717, 1.165) is 16.5 Å². The molecule has 0 saturated carbocycles. The van der Waals surface area contributed by atoms with E-state index in [1.165, 1.54) is 0 Å². The van der Waals surface area contributed by atoms with Crippen LogP contribution in [0.2, 0.25) is 0 Å². The van der Waals surface area contributed by atoms with Crippen LogP contribution in [0, 0.1) is 6.92 Å². The molecule has 26 heavy (non-hydrogen) atoms. The molecule has 0 fully saturated rings. The highest BCUT2D eigenvalue weighted by molar-refractivity contribution is 5.85. The molecule has 5 nitrogen and oxygen atoms in total. The van der Waals surface area contributed by atoms with Gasteiger partial charge in [-0.2, -0.15) is 0 Å². The predicted octanol–water partition coefficient (Wildman–Crippen LogP) is 2.87. The number of hydrogen-bond acceptors (Lipinski definition) is 5. The maximum absolute atomic E-state index is 12.6. The molecule has 1 heterocycles. The number of phenolic OH excluding ortho intramolecular Hbond substituents is 1. The summed E-state index contributed by atoms with van der Waals surface area (Å²) in [5.41, 5.74) is 3.05. The highest BCUT2D eigenvalue weighted by atomic mass is 16.4. The van der Waals surface area contributed by atoms with Gasteiger partial charge in [-0.25, -0.2) is 4.79 Å². The lowest BCUT2D eigenvalue weighted by molar-refractivity contribution is 0.191. The summed E-state index contributed by atoms with van der Waals surface area (Å²) in [6.45, 7) is 4.26. The third-order valence-electron chi connectivity index (χ3n) is 4.50. The van der Waals surface area contributed by atoms with Gasteiger partial charge >= 0.3 is 5.63 Å². The first kappa shape index (κ1) is 18.2. The number of phenols is 1. The first-order valence-corrected chi connectivity index (χ1v) is 8.67. The van der Waals surface area contributed by atoms with Gasteiger partial charge in [0.1, 0.15) is 11.3 Å².